The van der Waals surface area contributed by atoms with Gasteiger partial charge >= 0.3 is 0 Å². The molecule has 0 saturated heterocycles. The van der Waals surface area contributed by atoms with Crippen molar-refractivity contribution in [2.24, 2.45) is 0 Å². The van der Waals surface area contributed by atoms with Crippen LogP contribution in [0.3, 0.4) is 0 Å². The smallest absolute Gasteiger partial charge is 0.261 e. The van der Waals surface area contributed by atoms with Gasteiger partial charge in [-0.2, -0.15) is 0 Å². The fourth-order valence-corrected chi connectivity index (χ4v) is 5.04. The molecule has 202 valence electrons. The van der Waals surface area contributed by atoms with Gasteiger partial charge < -0.3 is 19.7 Å². The Balaban J connectivity index is 1.64. The van der Waals surface area contributed by atoms with E-state index >= 15 is 0 Å². The lowest BCUT2D eigenvalue weighted by Crippen LogP contribution is -2.51. The fraction of sp³-hybridized carbons (Fsp3) is 0.250. The Morgan fingerprint density at radius 3 is 2.44 bits per heavy atom. The van der Waals surface area contributed by atoms with Gasteiger partial charge in [0.1, 0.15) is 17.5 Å². The number of nitrogens with zero attached hydrogens (tertiary/aromatic N) is 1. The number of hydrogen-bond acceptors (Lipinski definition) is 4. The SMILES string of the molecule is CCCNC(=O)[C@H](Cc1ccccc1)N(Cc1cccc(OC)c1)C(=O)COc1ccc2ccccc2c1Br. The van der Waals surface area contributed by atoms with Gasteiger partial charge in [-0.15, -0.1) is 0 Å². The molecule has 39 heavy (non-hydrogen) atoms. The van der Waals surface area contributed by atoms with Crippen molar-refractivity contribution < 1.29 is 19.1 Å². The van der Waals surface area contributed by atoms with Crippen LogP contribution in [0.2, 0.25) is 0 Å². The standard InChI is InChI=1S/C32H33BrN2O4/c1-3-18-34-32(37)28(20-23-10-5-4-6-11-23)35(21-24-12-9-14-26(19-24)38-2)30(36)22-39-29-17-16-25-13-7-8-15-27(25)31(29)33/h4-17,19,28H,3,18,20-22H2,1-2H3,(H,34,37)/t28-/m0/s1. The molecule has 1 atom stereocenters. The predicted octanol–water partition coefficient (Wildman–Crippen LogP) is 6.16. The van der Waals surface area contributed by atoms with Crippen molar-refractivity contribution in [3.05, 3.63) is 107 Å². The molecule has 0 spiro atoms. The molecule has 6 nitrogen and oxygen atoms in total. The lowest BCUT2D eigenvalue weighted by Gasteiger charge is -2.31. The largest absolute Gasteiger partial charge is 0.497 e. The first-order chi connectivity index (χ1) is 19.0. The molecule has 4 aromatic rings. The number of hydrogen-bond donors (Lipinski definition) is 1. The van der Waals surface area contributed by atoms with Gasteiger partial charge in [-0.05, 0) is 62.4 Å². The second-order valence-corrected chi connectivity index (χ2v) is 10.1. The van der Waals surface area contributed by atoms with Crippen LogP contribution >= 0.6 is 15.9 Å². The summed E-state index contributed by atoms with van der Waals surface area (Å²) in [5.41, 5.74) is 1.83. The third-order valence-electron chi connectivity index (χ3n) is 6.49. The van der Waals surface area contributed by atoms with Gasteiger partial charge in [0.25, 0.3) is 5.91 Å². The van der Waals surface area contributed by atoms with Gasteiger partial charge in [0, 0.05) is 19.5 Å². The minimum absolute atomic E-state index is 0.191. The van der Waals surface area contributed by atoms with Gasteiger partial charge in [0.2, 0.25) is 5.91 Å². The van der Waals surface area contributed by atoms with Crippen molar-refractivity contribution in [1.29, 1.82) is 0 Å². The number of fused-ring (bicyclic) bond motifs is 1. The fourth-order valence-electron chi connectivity index (χ4n) is 4.43. The Morgan fingerprint density at radius 1 is 0.923 bits per heavy atom. The molecule has 0 aliphatic rings. The van der Waals surface area contributed by atoms with Crippen molar-refractivity contribution in [2.45, 2.75) is 32.4 Å². The summed E-state index contributed by atoms with van der Waals surface area (Å²) in [6.07, 6.45) is 1.18. The maximum absolute atomic E-state index is 13.8. The zero-order valence-corrected chi connectivity index (χ0v) is 23.8. The molecule has 0 aliphatic carbocycles. The van der Waals surface area contributed by atoms with E-state index in [4.69, 9.17) is 9.47 Å². The van der Waals surface area contributed by atoms with E-state index in [-0.39, 0.29) is 25.0 Å². The van der Waals surface area contributed by atoms with Crippen LogP contribution < -0.4 is 14.8 Å². The highest BCUT2D eigenvalue weighted by Crippen LogP contribution is 2.33. The van der Waals surface area contributed by atoms with Crippen molar-refractivity contribution in [1.82, 2.24) is 10.2 Å². The molecule has 4 aromatic carbocycles. The summed E-state index contributed by atoms with van der Waals surface area (Å²) in [5.74, 6) is 0.777. The average Bonchev–Trinajstić information content (AvgIpc) is 2.98. The molecule has 7 heteroatoms. The van der Waals surface area contributed by atoms with Gasteiger partial charge in [0.15, 0.2) is 6.61 Å². The van der Waals surface area contributed by atoms with E-state index in [0.29, 0.717) is 24.5 Å². The van der Waals surface area contributed by atoms with E-state index in [1.54, 1.807) is 12.0 Å². The number of carbonyl (C=O) groups is 2. The Bertz CT molecular complexity index is 1410. The highest BCUT2D eigenvalue weighted by molar-refractivity contribution is 9.10. The topological polar surface area (TPSA) is 67.9 Å². The maximum Gasteiger partial charge on any atom is 0.261 e. The predicted molar refractivity (Wildman–Crippen MR) is 158 cm³/mol. The number of amides is 2. The van der Waals surface area contributed by atoms with E-state index in [1.165, 1.54) is 0 Å². The minimum Gasteiger partial charge on any atom is -0.497 e. The summed E-state index contributed by atoms with van der Waals surface area (Å²) >= 11 is 3.64. The van der Waals surface area contributed by atoms with Crippen molar-refractivity contribution in [3.63, 3.8) is 0 Å². The molecule has 0 aromatic heterocycles. The first kappa shape index (κ1) is 28.2. The minimum atomic E-state index is -0.721. The second-order valence-electron chi connectivity index (χ2n) is 9.26. The van der Waals surface area contributed by atoms with Crippen LogP contribution in [0.5, 0.6) is 11.5 Å². The summed E-state index contributed by atoms with van der Waals surface area (Å²) in [7, 11) is 1.60. The van der Waals surface area contributed by atoms with E-state index in [2.05, 4.69) is 21.2 Å². The van der Waals surface area contributed by atoms with E-state index in [1.807, 2.05) is 97.9 Å². The summed E-state index contributed by atoms with van der Waals surface area (Å²) in [5, 5.41) is 5.06. The number of ether oxygens (including phenoxy) is 2. The molecule has 4 rings (SSSR count). The normalized spacial score (nSPS) is 11.6. The Morgan fingerprint density at radius 2 is 1.67 bits per heavy atom. The molecule has 0 fully saturated rings. The summed E-state index contributed by atoms with van der Waals surface area (Å²) < 4.78 is 12.2. The van der Waals surface area contributed by atoms with Crippen molar-refractivity contribution in [2.75, 3.05) is 20.3 Å². The molecular weight excluding hydrogens is 556 g/mol. The lowest BCUT2D eigenvalue weighted by molar-refractivity contribution is -0.142. The number of nitrogens with one attached hydrogen (secondary N) is 1. The Kier molecular flexibility index (Phi) is 9.97. The molecule has 0 aliphatic heterocycles. The summed E-state index contributed by atoms with van der Waals surface area (Å²) in [6, 6.07) is 28.3. The maximum atomic E-state index is 13.8. The van der Waals surface area contributed by atoms with Gasteiger partial charge in [-0.1, -0.05) is 79.7 Å². The Hall–Kier alpha value is -3.84. The van der Waals surface area contributed by atoms with Crippen LogP contribution in [0.15, 0.2) is 95.5 Å². The van der Waals surface area contributed by atoms with Gasteiger partial charge in [-0.3, -0.25) is 9.59 Å². The van der Waals surface area contributed by atoms with E-state index < -0.39 is 6.04 Å². The average molecular weight is 590 g/mol. The number of benzene rings is 4. The van der Waals surface area contributed by atoms with E-state index in [0.717, 1.165) is 32.8 Å². The number of methoxy groups -OCH3 is 1. The van der Waals surface area contributed by atoms with Crippen molar-refractivity contribution in [3.8, 4) is 11.5 Å². The molecule has 1 N–H and O–H groups in total. The zero-order chi connectivity index (χ0) is 27.6. The third kappa shape index (κ3) is 7.39. The second kappa shape index (κ2) is 13.8. The first-order valence-corrected chi connectivity index (χ1v) is 13.8. The first-order valence-electron chi connectivity index (χ1n) is 13.0. The highest BCUT2D eigenvalue weighted by atomic mass is 79.9. The third-order valence-corrected chi connectivity index (χ3v) is 7.30. The van der Waals surface area contributed by atoms with Crippen LogP contribution in [0.25, 0.3) is 10.8 Å². The molecular formula is C32H33BrN2O4. The van der Waals surface area contributed by atoms with Gasteiger partial charge in [0.05, 0.1) is 11.6 Å². The van der Waals surface area contributed by atoms with Crippen LogP contribution in [0.4, 0.5) is 0 Å². The zero-order valence-electron chi connectivity index (χ0n) is 22.2. The number of halogens is 1. The molecule has 0 radical (unpaired) electrons. The van der Waals surface area contributed by atoms with Crippen LogP contribution in [-0.4, -0.2) is 43.0 Å². The highest BCUT2D eigenvalue weighted by Gasteiger charge is 2.30. The Labute approximate surface area is 238 Å². The van der Waals surface area contributed by atoms with Gasteiger partial charge in [-0.25, -0.2) is 0 Å². The van der Waals surface area contributed by atoms with Crippen LogP contribution in [0, 0.1) is 0 Å². The summed E-state index contributed by atoms with van der Waals surface area (Å²) in [6.45, 7) is 2.55. The quantitative estimate of drug-likeness (QED) is 0.215. The molecule has 0 unspecified atom stereocenters. The van der Waals surface area contributed by atoms with Crippen LogP contribution in [-0.2, 0) is 22.6 Å². The summed E-state index contributed by atoms with van der Waals surface area (Å²) in [4.78, 5) is 28.9. The molecule has 0 heterocycles. The molecule has 0 bridgehead atoms. The van der Waals surface area contributed by atoms with Crippen LogP contribution in [0.1, 0.15) is 24.5 Å². The number of carbonyl (C=O) groups excluding carboxylic acids is 2. The van der Waals surface area contributed by atoms with Crippen molar-refractivity contribution >= 4 is 38.5 Å². The monoisotopic (exact) mass is 588 g/mol. The number of rotatable bonds is 12. The van der Waals surface area contributed by atoms with E-state index in [9.17, 15) is 9.59 Å². The molecule has 2 amide bonds. The molecule has 0 saturated carbocycles. The lowest BCUT2D eigenvalue weighted by atomic mass is 10.0.